The number of rotatable bonds is 4. The number of hydrogen-bond acceptors (Lipinski definition) is 7. The molecule has 1 heterocycles. The molecular weight excluding hydrogens is 400 g/mol. The number of nitro groups is 1. The van der Waals surface area contributed by atoms with Crippen molar-refractivity contribution in [1.82, 2.24) is 0 Å². The molecule has 0 spiro atoms. The monoisotopic (exact) mass is 407 g/mol. The molecule has 0 aliphatic rings. The first-order chi connectivity index (χ1) is 11.8. The Balaban J connectivity index is 0.00000182. The normalized spacial score (nSPS) is 10.6. The van der Waals surface area contributed by atoms with Gasteiger partial charge in [0, 0.05) is 10.5 Å². The molecule has 3 aromatic rings. The number of benzene rings is 2. The molecule has 0 aliphatic carbocycles. The minimum atomic E-state index is -5.00. The van der Waals surface area contributed by atoms with E-state index < -0.39 is 37.9 Å². The van der Waals surface area contributed by atoms with Crippen LogP contribution in [0.15, 0.2) is 45.6 Å². The Hall–Kier alpha value is -1.24. The fourth-order valence-corrected chi connectivity index (χ4v) is 2.49. The summed E-state index contributed by atoms with van der Waals surface area (Å²) in [6.07, 6.45) is 0. The third-order valence-electron chi connectivity index (χ3n) is 3.16. The standard InChI is InChI=1S/C15H7NO8S.2Na/c17-14-11-6-1-2-7-12(11)23-15(24-25(20,21)22)13(14)9-4-3-5-10(8-9)16(18)19;;/h1,3-4,6-8H,(H,20,21,22);;/q-2;2*+1. The van der Waals surface area contributed by atoms with Crippen molar-refractivity contribution in [1.29, 1.82) is 0 Å². The third kappa shape index (κ3) is 5.39. The van der Waals surface area contributed by atoms with E-state index >= 15 is 0 Å². The van der Waals surface area contributed by atoms with Crippen LogP contribution in [-0.4, -0.2) is 17.9 Å². The maximum absolute atomic E-state index is 12.7. The summed E-state index contributed by atoms with van der Waals surface area (Å²) in [6, 6.07) is 12.6. The van der Waals surface area contributed by atoms with Gasteiger partial charge in [0.1, 0.15) is 0 Å². The topological polar surface area (TPSA) is 137 Å². The van der Waals surface area contributed by atoms with Crippen LogP contribution in [0.2, 0.25) is 0 Å². The fraction of sp³-hybridized carbons (Fsp3) is 0. The molecule has 1 N–H and O–H groups in total. The van der Waals surface area contributed by atoms with Crippen LogP contribution in [-0.2, 0) is 10.4 Å². The van der Waals surface area contributed by atoms with E-state index in [-0.39, 0.29) is 75.6 Å². The molecule has 0 atom stereocenters. The molecule has 0 fully saturated rings. The Labute approximate surface area is 197 Å². The van der Waals surface area contributed by atoms with Gasteiger partial charge in [-0.15, -0.1) is 17.7 Å². The molecule has 1 aromatic heterocycles. The van der Waals surface area contributed by atoms with Gasteiger partial charge in [-0.05, 0) is 5.39 Å². The fourth-order valence-electron chi connectivity index (χ4n) is 2.18. The quantitative estimate of drug-likeness (QED) is 0.153. The van der Waals surface area contributed by atoms with Crippen molar-refractivity contribution < 1.29 is 85.6 Å². The molecule has 9 nitrogen and oxygen atoms in total. The minimum absolute atomic E-state index is 0. The first-order valence-electron chi connectivity index (χ1n) is 6.56. The van der Waals surface area contributed by atoms with Crippen LogP contribution >= 0.6 is 0 Å². The largest absolute Gasteiger partial charge is 1.00 e. The van der Waals surface area contributed by atoms with Crippen molar-refractivity contribution in [3.8, 4) is 17.1 Å². The van der Waals surface area contributed by atoms with Gasteiger partial charge in [-0.2, -0.15) is 38.7 Å². The van der Waals surface area contributed by atoms with Gasteiger partial charge >= 0.3 is 75.5 Å². The Morgan fingerprint density at radius 1 is 1.22 bits per heavy atom. The molecular formula is C15H7NNa2O8S. The molecule has 27 heavy (non-hydrogen) atoms. The van der Waals surface area contributed by atoms with Gasteiger partial charge in [0.2, 0.25) is 0 Å². The van der Waals surface area contributed by atoms with Gasteiger partial charge in [0.15, 0.2) is 11.1 Å². The molecule has 0 saturated carbocycles. The zero-order chi connectivity index (χ0) is 18.2. The number of hydrogen-bond donors (Lipinski definition) is 1. The summed E-state index contributed by atoms with van der Waals surface area (Å²) < 4.78 is 40.6. The molecule has 3 rings (SSSR count). The van der Waals surface area contributed by atoms with Crippen molar-refractivity contribution >= 4 is 27.1 Å². The van der Waals surface area contributed by atoms with E-state index in [9.17, 15) is 23.3 Å². The minimum Gasteiger partial charge on any atom is -0.488 e. The van der Waals surface area contributed by atoms with E-state index in [0.717, 1.165) is 6.07 Å². The van der Waals surface area contributed by atoms with Gasteiger partial charge in [-0.1, -0.05) is 6.07 Å². The van der Waals surface area contributed by atoms with Crippen LogP contribution in [0.5, 0.6) is 5.95 Å². The average Bonchev–Trinajstić information content (AvgIpc) is 2.54. The van der Waals surface area contributed by atoms with Crippen molar-refractivity contribution in [2.75, 3.05) is 0 Å². The molecule has 0 unspecified atom stereocenters. The van der Waals surface area contributed by atoms with Crippen molar-refractivity contribution in [2.24, 2.45) is 0 Å². The number of nitro benzene ring substituents is 1. The van der Waals surface area contributed by atoms with E-state index in [0.29, 0.717) is 0 Å². The van der Waals surface area contributed by atoms with E-state index in [1.54, 1.807) is 0 Å². The van der Waals surface area contributed by atoms with Crippen molar-refractivity contribution in [2.45, 2.75) is 0 Å². The summed E-state index contributed by atoms with van der Waals surface area (Å²) in [7, 11) is -5.00. The molecule has 0 saturated heterocycles. The molecule has 2 aromatic carbocycles. The van der Waals surface area contributed by atoms with Crippen LogP contribution in [0.3, 0.4) is 0 Å². The molecule has 12 heteroatoms. The molecule has 0 bridgehead atoms. The molecule has 0 radical (unpaired) electrons. The van der Waals surface area contributed by atoms with Crippen LogP contribution in [0.1, 0.15) is 0 Å². The van der Waals surface area contributed by atoms with Gasteiger partial charge < -0.3 is 8.60 Å². The van der Waals surface area contributed by atoms with Crippen LogP contribution in [0.25, 0.3) is 22.1 Å². The van der Waals surface area contributed by atoms with E-state index in [4.69, 9.17) is 8.97 Å². The van der Waals surface area contributed by atoms with Crippen LogP contribution in [0, 0.1) is 22.2 Å². The Morgan fingerprint density at radius 3 is 2.56 bits per heavy atom. The zero-order valence-corrected chi connectivity index (χ0v) is 18.9. The van der Waals surface area contributed by atoms with Gasteiger partial charge in [0.05, 0.1) is 5.56 Å². The number of non-ortho nitro benzene ring substituents is 1. The first kappa shape index (κ1) is 23.8. The zero-order valence-electron chi connectivity index (χ0n) is 14.1. The third-order valence-corrected chi connectivity index (χ3v) is 3.52. The summed E-state index contributed by atoms with van der Waals surface area (Å²) in [4.78, 5) is 22.9. The molecule has 128 valence electrons. The maximum Gasteiger partial charge on any atom is 1.00 e. The SMILES string of the molecule is O=c1c(-c2cc[c-]c([N+](=O)[O-])c2)c(OS(=O)(=O)O)oc2c[c-]ccc12.[Na+].[Na+]. The predicted octanol–water partition coefficient (Wildman–Crippen LogP) is -3.84. The predicted molar refractivity (Wildman–Crippen MR) is 84.4 cm³/mol. The Kier molecular flexibility index (Phi) is 8.20. The summed E-state index contributed by atoms with van der Waals surface area (Å²) in [5, 5.41) is 11.0. The van der Waals surface area contributed by atoms with E-state index in [1.807, 2.05) is 0 Å². The second kappa shape index (κ2) is 9.30. The number of fused-ring (bicyclic) bond motifs is 1. The second-order valence-corrected chi connectivity index (χ2v) is 5.77. The first-order valence-corrected chi connectivity index (χ1v) is 7.93. The second-order valence-electron chi connectivity index (χ2n) is 4.75. The Morgan fingerprint density at radius 2 is 1.93 bits per heavy atom. The van der Waals surface area contributed by atoms with Crippen molar-refractivity contribution in [3.63, 3.8) is 0 Å². The summed E-state index contributed by atoms with van der Waals surface area (Å²) in [5.41, 5.74) is -1.61. The summed E-state index contributed by atoms with van der Waals surface area (Å²) in [5.74, 6) is -0.819. The van der Waals surface area contributed by atoms with Gasteiger partial charge in [0.25, 0.3) is 0 Å². The van der Waals surface area contributed by atoms with Crippen LogP contribution in [0.4, 0.5) is 5.69 Å². The van der Waals surface area contributed by atoms with E-state index in [2.05, 4.69) is 16.3 Å². The van der Waals surface area contributed by atoms with Gasteiger partial charge in [-0.3, -0.25) is 19.5 Å². The summed E-state index contributed by atoms with van der Waals surface area (Å²) >= 11 is 0. The van der Waals surface area contributed by atoms with E-state index in [1.165, 1.54) is 30.3 Å². The molecule has 0 aliphatic heterocycles. The Bertz CT molecular complexity index is 1160. The smallest absolute Gasteiger partial charge is 0.488 e. The number of nitrogens with zero attached hydrogens (tertiary/aromatic N) is 1. The van der Waals surface area contributed by atoms with Crippen LogP contribution < -0.4 is 68.7 Å². The average molecular weight is 407 g/mol. The summed E-state index contributed by atoms with van der Waals surface area (Å²) in [6.45, 7) is 0. The maximum atomic E-state index is 12.7. The van der Waals surface area contributed by atoms with Crippen molar-refractivity contribution in [3.05, 3.63) is 68.9 Å². The molecule has 0 amide bonds. The van der Waals surface area contributed by atoms with Gasteiger partial charge in [-0.25, -0.2) is 0 Å².